The lowest BCUT2D eigenvalue weighted by Crippen LogP contribution is -2.15. The molecule has 4 nitrogen and oxygen atoms in total. The molecule has 0 unspecified atom stereocenters. The van der Waals surface area contributed by atoms with Gasteiger partial charge in [-0.1, -0.05) is 17.3 Å². The van der Waals surface area contributed by atoms with Crippen LogP contribution in [0.1, 0.15) is 6.42 Å². The van der Waals surface area contributed by atoms with E-state index in [1.165, 1.54) is 0 Å². The Kier molecular flexibility index (Phi) is 1.72. The fourth-order valence-corrected chi connectivity index (χ4v) is 0.800. The number of rotatable bonds is 1. The predicted molar refractivity (Wildman–Crippen MR) is 32.7 cm³/mol. The van der Waals surface area contributed by atoms with Crippen LogP contribution in [0.4, 0.5) is 0 Å². The van der Waals surface area contributed by atoms with Crippen molar-refractivity contribution in [1.29, 1.82) is 0 Å². The third kappa shape index (κ3) is 1.22. The van der Waals surface area contributed by atoms with Crippen LogP contribution in [-0.4, -0.2) is 17.3 Å². The summed E-state index contributed by atoms with van der Waals surface area (Å²) < 4.78 is 0. The zero-order valence-corrected chi connectivity index (χ0v) is 4.81. The molecule has 1 rings (SSSR count). The van der Waals surface area contributed by atoms with Crippen molar-refractivity contribution in [2.45, 2.75) is 18.6 Å². The number of azide groups is 1. The average molecular weight is 125 g/mol. The second-order valence-electron chi connectivity index (χ2n) is 1.93. The Morgan fingerprint density at radius 3 is 3.00 bits per heavy atom. The summed E-state index contributed by atoms with van der Waals surface area (Å²) in [5, 5.41) is 12.3. The van der Waals surface area contributed by atoms with E-state index in [1.54, 1.807) is 6.08 Å². The maximum atomic E-state index is 8.99. The SMILES string of the molecule is [N-]=[N+]=N[C@@H]1C=CC[C@H]1O. The molecule has 0 saturated heterocycles. The summed E-state index contributed by atoms with van der Waals surface area (Å²) in [5.74, 6) is 0. The van der Waals surface area contributed by atoms with Gasteiger partial charge >= 0.3 is 0 Å². The average Bonchev–Trinajstić information content (AvgIpc) is 2.18. The van der Waals surface area contributed by atoms with Crippen LogP contribution in [0.3, 0.4) is 0 Å². The van der Waals surface area contributed by atoms with Gasteiger partial charge in [0.25, 0.3) is 0 Å². The molecule has 1 N–H and O–H groups in total. The summed E-state index contributed by atoms with van der Waals surface area (Å²) in [6, 6.07) is -0.338. The highest BCUT2D eigenvalue weighted by atomic mass is 16.3. The molecule has 9 heavy (non-hydrogen) atoms. The largest absolute Gasteiger partial charge is 0.392 e. The Morgan fingerprint density at radius 1 is 1.78 bits per heavy atom. The van der Waals surface area contributed by atoms with Crippen molar-refractivity contribution in [2.24, 2.45) is 5.11 Å². The minimum absolute atomic E-state index is 0.338. The summed E-state index contributed by atoms with van der Waals surface area (Å²) in [6.45, 7) is 0. The minimum atomic E-state index is -0.499. The summed E-state index contributed by atoms with van der Waals surface area (Å²) in [7, 11) is 0. The van der Waals surface area contributed by atoms with Gasteiger partial charge in [-0.05, 0) is 12.0 Å². The van der Waals surface area contributed by atoms with Crippen LogP contribution in [-0.2, 0) is 0 Å². The van der Waals surface area contributed by atoms with Gasteiger partial charge in [0, 0.05) is 4.91 Å². The van der Waals surface area contributed by atoms with Gasteiger partial charge < -0.3 is 5.11 Å². The van der Waals surface area contributed by atoms with Gasteiger partial charge in [-0.15, -0.1) is 0 Å². The van der Waals surface area contributed by atoms with Gasteiger partial charge in [0.05, 0.1) is 12.1 Å². The number of hydrogen-bond donors (Lipinski definition) is 1. The van der Waals surface area contributed by atoms with Crippen LogP contribution >= 0.6 is 0 Å². The highest BCUT2D eigenvalue weighted by Crippen LogP contribution is 2.13. The number of nitrogens with zero attached hydrogens (tertiary/aromatic N) is 3. The lowest BCUT2D eigenvalue weighted by Gasteiger charge is -2.04. The minimum Gasteiger partial charge on any atom is -0.392 e. The first-order valence-electron chi connectivity index (χ1n) is 2.73. The molecule has 0 radical (unpaired) electrons. The van der Waals surface area contributed by atoms with Crippen molar-refractivity contribution in [1.82, 2.24) is 0 Å². The maximum Gasteiger partial charge on any atom is 0.0817 e. The lowest BCUT2D eigenvalue weighted by atomic mass is 10.2. The fraction of sp³-hybridized carbons (Fsp3) is 0.600. The highest BCUT2D eigenvalue weighted by molar-refractivity contribution is 5.06. The molecule has 0 heterocycles. The highest BCUT2D eigenvalue weighted by Gasteiger charge is 2.17. The third-order valence-corrected chi connectivity index (χ3v) is 1.29. The molecule has 0 bridgehead atoms. The van der Waals surface area contributed by atoms with E-state index < -0.39 is 6.10 Å². The van der Waals surface area contributed by atoms with E-state index in [-0.39, 0.29) is 6.04 Å². The standard InChI is InChI=1S/C5H7N3O/c6-8-7-4-2-1-3-5(4)9/h1-2,4-5,9H,3H2/t4-,5-/m1/s1. The number of hydrogen-bond acceptors (Lipinski definition) is 2. The zero-order chi connectivity index (χ0) is 6.69. The first kappa shape index (κ1) is 6.13. The topological polar surface area (TPSA) is 69.0 Å². The molecule has 0 amide bonds. The van der Waals surface area contributed by atoms with Crippen LogP contribution in [0.25, 0.3) is 10.4 Å². The van der Waals surface area contributed by atoms with Crippen LogP contribution in [0.15, 0.2) is 17.3 Å². The van der Waals surface area contributed by atoms with E-state index in [2.05, 4.69) is 10.0 Å². The van der Waals surface area contributed by atoms with E-state index in [4.69, 9.17) is 10.6 Å². The van der Waals surface area contributed by atoms with Crippen LogP contribution in [0.2, 0.25) is 0 Å². The Balaban J connectivity index is 2.59. The van der Waals surface area contributed by atoms with Crippen molar-refractivity contribution in [3.63, 3.8) is 0 Å². The summed E-state index contributed by atoms with van der Waals surface area (Å²) in [5.41, 5.74) is 7.96. The molecule has 2 atom stereocenters. The molecule has 1 aliphatic rings. The molecular formula is C5H7N3O. The molecule has 0 aliphatic heterocycles. The van der Waals surface area contributed by atoms with E-state index in [1.807, 2.05) is 6.08 Å². The predicted octanol–water partition coefficient (Wildman–Crippen LogP) is 0.986. The van der Waals surface area contributed by atoms with Crippen LogP contribution in [0.5, 0.6) is 0 Å². The van der Waals surface area contributed by atoms with Crippen molar-refractivity contribution >= 4 is 0 Å². The first-order chi connectivity index (χ1) is 4.34. The Bertz CT molecular complexity index is 171. The molecule has 0 spiro atoms. The van der Waals surface area contributed by atoms with Crippen LogP contribution < -0.4 is 0 Å². The van der Waals surface area contributed by atoms with E-state index in [0.29, 0.717) is 6.42 Å². The Hall–Kier alpha value is -0.990. The summed E-state index contributed by atoms with van der Waals surface area (Å²) in [4.78, 5) is 2.58. The normalized spacial score (nSPS) is 32.1. The van der Waals surface area contributed by atoms with Crippen LogP contribution in [0, 0.1) is 0 Å². The zero-order valence-electron chi connectivity index (χ0n) is 4.81. The molecule has 0 aromatic carbocycles. The summed E-state index contributed by atoms with van der Waals surface area (Å²) in [6.07, 6.45) is 3.62. The first-order valence-corrected chi connectivity index (χ1v) is 2.73. The smallest absolute Gasteiger partial charge is 0.0817 e. The fourth-order valence-electron chi connectivity index (χ4n) is 0.800. The van der Waals surface area contributed by atoms with Gasteiger partial charge in [0.15, 0.2) is 0 Å². The van der Waals surface area contributed by atoms with Crippen molar-refractivity contribution in [3.05, 3.63) is 22.6 Å². The van der Waals surface area contributed by atoms with Gasteiger partial charge in [0.2, 0.25) is 0 Å². The van der Waals surface area contributed by atoms with Crippen molar-refractivity contribution < 1.29 is 5.11 Å². The molecular weight excluding hydrogens is 118 g/mol. The van der Waals surface area contributed by atoms with Gasteiger partial charge in [-0.25, -0.2) is 0 Å². The molecule has 0 saturated carbocycles. The maximum absolute atomic E-state index is 8.99. The van der Waals surface area contributed by atoms with E-state index >= 15 is 0 Å². The Morgan fingerprint density at radius 2 is 2.56 bits per heavy atom. The molecule has 0 aromatic heterocycles. The molecule has 1 aliphatic carbocycles. The van der Waals surface area contributed by atoms with Crippen molar-refractivity contribution in [3.8, 4) is 0 Å². The number of aliphatic hydroxyl groups is 1. The quantitative estimate of drug-likeness (QED) is 0.241. The van der Waals surface area contributed by atoms with Gasteiger partial charge in [0.1, 0.15) is 0 Å². The lowest BCUT2D eigenvalue weighted by molar-refractivity contribution is 0.173. The monoisotopic (exact) mass is 125 g/mol. The van der Waals surface area contributed by atoms with Gasteiger partial charge in [-0.3, -0.25) is 0 Å². The number of aliphatic hydroxyl groups excluding tert-OH is 1. The van der Waals surface area contributed by atoms with E-state index in [0.717, 1.165) is 0 Å². The molecule has 0 fully saturated rings. The molecule has 48 valence electrons. The third-order valence-electron chi connectivity index (χ3n) is 1.29. The molecule has 4 heteroatoms. The van der Waals surface area contributed by atoms with Gasteiger partial charge in [-0.2, -0.15) is 0 Å². The Labute approximate surface area is 52.4 Å². The summed E-state index contributed by atoms with van der Waals surface area (Å²) >= 11 is 0. The molecule has 0 aromatic rings. The second-order valence-corrected chi connectivity index (χ2v) is 1.93. The van der Waals surface area contributed by atoms with Crippen molar-refractivity contribution in [2.75, 3.05) is 0 Å². The van der Waals surface area contributed by atoms with E-state index in [9.17, 15) is 0 Å². The second kappa shape index (κ2) is 2.53.